The summed E-state index contributed by atoms with van der Waals surface area (Å²) < 4.78 is 5.70. The van der Waals surface area contributed by atoms with Crippen LogP contribution in [0.4, 0.5) is 5.82 Å². The van der Waals surface area contributed by atoms with E-state index in [0.29, 0.717) is 31.2 Å². The predicted octanol–water partition coefficient (Wildman–Crippen LogP) is 4.14. The molecule has 2 aromatic carbocycles. The second-order valence-corrected chi connectivity index (χ2v) is 8.07. The Morgan fingerprint density at radius 1 is 0.968 bits per heavy atom. The number of aryl methyl sites for hydroxylation is 2. The third kappa shape index (κ3) is 4.97. The number of ether oxygens (including phenoxy) is 1. The van der Waals surface area contributed by atoms with Crippen LogP contribution in [-0.2, 0) is 4.79 Å². The van der Waals surface area contributed by atoms with E-state index in [1.165, 1.54) is 5.56 Å². The molecular weight excluding hydrogens is 412 g/mol. The van der Waals surface area contributed by atoms with Crippen LogP contribution in [0.5, 0.6) is 5.75 Å². The second kappa shape index (κ2) is 9.35. The Bertz CT molecular complexity index is 1060. The van der Waals surface area contributed by atoms with E-state index in [-0.39, 0.29) is 12.5 Å². The first kappa shape index (κ1) is 21.1. The molecule has 6 nitrogen and oxygen atoms in total. The first-order valence-electron chi connectivity index (χ1n) is 10.3. The Kier molecular flexibility index (Phi) is 6.37. The van der Waals surface area contributed by atoms with E-state index in [0.717, 1.165) is 28.4 Å². The van der Waals surface area contributed by atoms with Crippen molar-refractivity contribution in [2.45, 2.75) is 13.8 Å². The maximum atomic E-state index is 12.5. The molecule has 0 aliphatic carbocycles. The Hall–Kier alpha value is -3.12. The van der Waals surface area contributed by atoms with Crippen molar-refractivity contribution < 1.29 is 9.53 Å². The lowest BCUT2D eigenvalue weighted by Gasteiger charge is -2.35. The van der Waals surface area contributed by atoms with E-state index in [1.54, 1.807) is 0 Å². The van der Waals surface area contributed by atoms with Gasteiger partial charge in [0.1, 0.15) is 5.75 Å². The topological polar surface area (TPSA) is 58.6 Å². The smallest absolute Gasteiger partial charge is 0.260 e. The van der Waals surface area contributed by atoms with Gasteiger partial charge in [0, 0.05) is 31.7 Å². The van der Waals surface area contributed by atoms with Crippen molar-refractivity contribution in [3.8, 4) is 17.0 Å². The Balaban J connectivity index is 1.30. The van der Waals surface area contributed by atoms with Gasteiger partial charge in [-0.05, 0) is 55.3 Å². The quantitative estimate of drug-likeness (QED) is 0.601. The van der Waals surface area contributed by atoms with E-state index in [1.807, 2.05) is 66.4 Å². The van der Waals surface area contributed by atoms with Crippen LogP contribution in [0, 0.1) is 13.8 Å². The number of benzene rings is 2. The third-order valence-electron chi connectivity index (χ3n) is 5.60. The number of hydrogen-bond donors (Lipinski definition) is 0. The molecule has 160 valence electrons. The monoisotopic (exact) mass is 436 g/mol. The zero-order valence-corrected chi connectivity index (χ0v) is 18.5. The average Bonchev–Trinajstić information content (AvgIpc) is 2.80. The van der Waals surface area contributed by atoms with Gasteiger partial charge >= 0.3 is 0 Å². The molecule has 0 atom stereocenters. The van der Waals surface area contributed by atoms with Crippen molar-refractivity contribution in [3.63, 3.8) is 0 Å². The van der Waals surface area contributed by atoms with Crippen molar-refractivity contribution in [1.29, 1.82) is 0 Å². The lowest BCUT2D eigenvalue weighted by molar-refractivity contribution is -0.133. The van der Waals surface area contributed by atoms with Gasteiger partial charge in [-0.1, -0.05) is 35.9 Å². The van der Waals surface area contributed by atoms with Crippen molar-refractivity contribution in [2.24, 2.45) is 0 Å². The fraction of sp³-hybridized carbons (Fsp3) is 0.292. The molecule has 1 fully saturated rings. The second-order valence-electron chi connectivity index (χ2n) is 7.66. The standard InChI is InChI=1S/C24H25ClN4O2/c1-17-7-8-19(15-18(17)2)31-16-24(30)29-13-11-28(12-14-29)23-10-9-22(26-27-23)20-5-3-4-6-21(20)25/h3-10,15H,11-14,16H2,1-2H3. The van der Waals surface area contributed by atoms with Crippen molar-refractivity contribution in [1.82, 2.24) is 15.1 Å². The van der Waals surface area contributed by atoms with Crippen LogP contribution in [0.1, 0.15) is 11.1 Å². The first-order valence-corrected chi connectivity index (χ1v) is 10.7. The molecule has 0 spiro atoms. The maximum absolute atomic E-state index is 12.5. The molecule has 0 N–H and O–H groups in total. The minimum atomic E-state index is -0.00182. The predicted molar refractivity (Wildman–Crippen MR) is 123 cm³/mol. The van der Waals surface area contributed by atoms with Gasteiger partial charge in [-0.15, -0.1) is 10.2 Å². The van der Waals surface area contributed by atoms with Crippen LogP contribution in [-0.4, -0.2) is 53.8 Å². The minimum absolute atomic E-state index is 0.00182. The van der Waals surface area contributed by atoms with Crippen LogP contribution in [0.3, 0.4) is 0 Å². The summed E-state index contributed by atoms with van der Waals surface area (Å²) in [4.78, 5) is 16.5. The van der Waals surface area contributed by atoms with E-state index < -0.39 is 0 Å². The van der Waals surface area contributed by atoms with Gasteiger partial charge in [0.2, 0.25) is 0 Å². The summed E-state index contributed by atoms with van der Waals surface area (Å²) in [7, 11) is 0. The number of nitrogens with zero attached hydrogens (tertiary/aromatic N) is 4. The highest BCUT2D eigenvalue weighted by Gasteiger charge is 2.22. The molecule has 4 rings (SSSR count). The van der Waals surface area contributed by atoms with E-state index >= 15 is 0 Å². The summed E-state index contributed by atoms with van der Waals surface area (Å²) >= 11 is 6.25. The molecule has 1 aliphatic heterocycles. The van der Waals surface area contributed by atoms with Crippen LogP contribution >= 0.6 is 11.6 Å². The Morgan fingerprint density at radius 2 is 1.74 bits per heavy atom. The zero-order valence-electron chi connectivity index (χ0n) is 17.7. The largest absolute Gasteiger partial charge is 0.484 e. The number of rotatable bonds is 5. The van der Waals surface area contributed by atoms with Gasteiger partial charge in [0.25, 0.3) is 5.91 Å². The van der Waals surface area contributed by atoms with Crippen molar-refractivity contribution >= 4 is 23.3 Å². The van der Waals surface area contributed by atoms with E-state index in [4.69, 9.17) is 16.3 Å². The lowest BCUT2D eigenvalue weighted by atomic mass is 10.1. The molecule has 1 aliphatic rings. The fourth-order valence-corrected chi connectivity index (χ4v) is 3.76. The number of carbonyl (C=O) groups excluding carboxylic acids is 1. The van der Waals surface area contributed by atoms with Crippen LogP contribution in [0.25, 0.3) is 11.3 Å². The zero-order chi connectivity index (χ0) is 21.8. The molecule has 0 unspecified atom stereocenters. The van der Waals surface area contributed by atoms with E-state index in [2.05, 4.69) is 22.0 Å². The molecule has 1 aromatic heterocycles. The highest BCUT2D eigenvalue weighted by Crippen LogP contribution is 2.26. The average molecular weight is 437 g/mol. The van der Waals surface area contributed by atoms with Crippen LogP contribution in [0.2, 0.25) is 5.02 Å². The van der Waals surface area contributed by atoms with Gasteiger partial charge in [-0.25, -0.2) is 0 Å². The number of hydrogen-bond acceptors (Lipinski definition) is 5. The Morgan fingerprint density at radius 3 is 2.42 bits per heavy atom. The van der Waals surface area contributed by atoms with Crippen LogP contribution in [0.15, 0.2) is 54.6 Å². The summed E-state index contributed by atoms with van der Waals surface area (Å²) in [5, 5.41) is 9.36. The van der Waals surface area contributed by atoms with Gasteiger partial charge in [0.15, 0.2) is 12.4 Å². The normalized spacial score (nSPS) is 13.9. The molecule has 0 bridgehead atoms. The van der Waals surface area contributed by atoms with Gasteiger partial charge in [0.05, 0.1) is 10.7 Å². The molecule has 31 heavy (non-hydrogen) atoms. The molecule has 0 radical (unpaired) electrons. The molecule has 2 heterocycles. The number of halogens is 1. The summed E-state index contributed by atoms with van der Waals surface area (Å²) in [5.41, 5.74) is 3.96. The summed E-state index contributed by atoms with van der Waals surface area (Å²) in [6.45, 7) is 6.80. The molecular formula is C24H25ClN4O2. The van der Waals surface area contributed by atoms with Gasteiger partial charge in [-0.2, -0.15) is 0 Å². The molecule has 7 heteroatoms. The molecule has 0 saturated carbocycles. The van der Waals surface area contributed by atoms with Crippen molar-refractivity contribution in [2.75, 3.05) is 37.7 Å². The number of piperazine rings is 1. The maximum Gasteiger partial charge on any atom is 0.260 e. The lowest BCUT2D eigenvalue weighted by Crippen LogP contribution is -2.50. The van der Waals surface area contributed by atoms with Crippen molar-refractivity contribution in [3.05, 3.63) is 70.7 Å². The third-order valence-corrected chi connectivity index (χ3v) is 5.93. The molecule has 1 amide bonds. The molecule has 1 saturated heterocycles. The highest BCUT2D eigenvalue weighted by molar-refractivity contribution is 6.33. The van der Waals surface area contributed by atoms with E-state index in [9.17, 15) is 4.79 Å². The number of aromatic nitrogens is 2. The van der Waals surface area contributed by atoms with Crippen LogP contribution < -0.4 is 9.64 Å². The molecule has 3 aromatic rings. The highest BCUT2D eigenvalue weighted by atomic mass is 35.5. The Labute approximate surface area is 187 Å². The summed E-state index contributed by atoms with van der Waals surface area (Å²) in [5.74, 6) is 1.52. The fourth-order valence-electron chi connectivity index (χ4n) is 3.53. The van der Waals surface area contributed by atoms with Gasteiger partial charge < -0.3 is 14.5 Å². The number of anilines is 1. The summed E-state index contributed by atoms with van der Waals surface area (Å²) in [6.07, 6.45) is 0. The number of amides is 1. The number of carbonyl (C=O) groups is 1. The summed E-state index contributed by atoms with van der Waals surface area (Å²) in [6, 6.07) is 17.3. The minimum Gasteiger partial charge on any atom is -0.484 e. The first-order chi connectivity index (χ1) is 15.0. The SMILES string of the molecule is Cc1ccc(OCC(=O)N2CCN(c3ccc(-c4ccccc4Cl)nn3)CC2)cc1C. The van der Waals surface area contributed by atoms with Gasteiger partial charge in [-0.3, -0.25) is 4.79 Å².